The van der Waals surface area contributed by atoms with Gasteiger partial charge >= 0.3 is 0 Å². The fourth-order valence-corrected chi connectivity index (χ4v) is 3.18. The van der Waals surface area contributed by atoms with Crippen molar-refractivity contribution in [2.45, 2.75) is 6.54 Å². The number of aromatic nitrogens is 1. The van der Waals surface area contributed by atoms with Gasteiger partial charge in [0.15, 0.2) is 0 Å². The van der Waals surface area contributed by atoms with Gasteiger partial charge in [-0.3, -0.25) is 4.90 Å². The van der Waals surface area contributed by atoms with Crippen molar-refractivity contribution >= 4 is 33.4 Å². The number of hydrogen-bond acceptors (Lipinski definition) is 4. The summed E-state index contributed by atoms with van der Waals surface area (Å²) in [5.74, 6) is 0. The Labute approximate surface area is 122 Å². The molecule has 0 saturated carbocycles. The Balaban J connectivity index is 1.96. The first-order valence-electron chi connectivity index (χ1n) is 5.67. The average molecular weight is 325 g/mol. The molecular formula is C10H14Cl2N4O2S. The van der Waals surface area contributed by atoms with E-state index in [2.05, 4.69) is 9.88 Å². The summed E-state index contributed by atoms with van der Waals surface area (Å²) < 4.78 is 23.6. The number of rotatable bonds is 3. The van der Waals surface area contributed by atoms with Crippen LogP contribution in [0.4, 0.5) is 0 Å². The van der Waals surface area contributed by atoms with Crippen LogP contribution in [-0.4, -0.2) is 48.8 Å². The van der Waals surface area contributed by atoms with Gasteiger partial charge in [-0.15, -0.1) is 0 Å². The fourth-order valence-electron chi connectivity index (χ4n) is 2.01. The standard InChI is InChI=1S/C10H14Cl2N4O2S/c11-9-5-8(6-10(12)14-9)7-15-1-3-16(4-2-15)19(13,17)18/h5-6H,1-4,7H2,(H2,13,17,18). The van der Waals surface area contributed by atoms with Crippen molar-refractivity contribution in [1.29, 1.82) is 0 Å². The highest BCUT2D eigenvalue weighted by Gasteiger charge is 2.23. The SMILES string of the molecule is NS(=O)(=O)N1CCN(Cc2cc(Cl)nc(Cl)c2)CC1. The fraction of sp³-hybridized carbons (Fsp3) is 0.500. The zero-order chi connectivity index (χ0) is 14.0. The number of halogens is 2. The molecule has 1 fully saturated rings. The maximum Gasteiger partial charge on any atom is 0.276 e. The van der Waals surface area contributed by atoms with Gasteiger partial charge in [0.05, 0.1) is 0 Å². The van der Waals surface area contributed by atoms with Crippen molar-refractivity contribution < 1.29 is 8.42 Å². The predicted molar refractivity (Wildman–Crippen MR) is 74.2 cm³/mol. The second-order valence-corrected chi connectivity index (χ2v) is 6.66. The van der Waals surface area contributed by atoms with Crippen molar-refractivity contribution in [2.24, 2.45) is 5.14 Å². The lowest BCUT2D eigenvalue weighted by molar-refractivity contribution is 0.181. The molecule has 106 valence electrons. The van der Waals surface area contributed by atoms with Crippen LogP contribution in [0.25, 0.3) is 0 Å². The van der Waals surface area contributed by atoms with Crippen LogP contribution in [0, 0.1) is 0 Å². The first kappa shape index (κ1) is 15.0. The Bertz CT molecular complexity index is 538. The summed E-state index contributed by atoms with van der Waals surface area (Å²) in [6.07, 6.45) is 0. The number of hydrogen-bond donors (Lipinski definition) is 1. The van der Waals surface area contributed by atoms with E-state index in [-0.39, 0.29) is 0 Å². The van der Waals surface area contributed by atoms with Crippen LogP contribution in [0.15, 0.2) is 12.1 Å². The summed E-state index contributed by atoms with van der Waals surface area (Å²) in [5, 5.41) is 5.79. The van der Waals surface area contributed by atoms with Crippen molar-refractivity contribution in [2.75, 3.05) is 26.2 Å². The Morgan fingerprint density at radius 1 is 1.16 bits per heavy atom. The molecular weight excluding hydrogens is 311 g/mol. The van der Waals surface area contributed by atoms with Gasteiger partial charge in [0.25, 0.3) is 10.2 Å². The largest absolute Gasteiger partial charge is 0.296 e. The van der Waals surface area contributed by atoms with Crippen molar-refractivity contribution in [3.05, 3.63) is 28.0 Å². The molecule has 9 heteroatoms. The zero-order valence-electron chi connectivity index (χ0n) is 10.1. The summed E-state index contributed by atoms with van der Waals surface area (Å²) >= 11 is 11.7. The van der Waals surface area contributed by atoms with Crippen LogP contribution in [0.5, 0.6) is 0 Å². The van der Waals surface area contributed by atoms with Gasteiger partial charge in [0.2, 0.25) is 0 Å². The van der Waals surface area contributed by atoms with E-state index in [1.165, 1.54) is 4.31 Å². The van der Waals surface area contributed by atoms with Gasteiger partial charge in [-0.1, -0.05) is 23.2 Å². The van der Waals surface area contributed by atoms with Crippen LogP contribution < -0.4 is 5.14 Å². The van der Waals surface area contributed by atoms with Crippen LogP contribution in [0.2, 0.25) is 10.3 Å². The summed E-state index contributed by atoms with van der Waals surface area (Å²) in [5.41, 5.74) is 0.953. The highest BCUT2D eigenvalue weighted by atomic mass is 35.5. The molecule has 0 unspecified atom stereocenters. The van der Waals surface area contributed by atoms with E-state index in [0.717, 1.165) is 5.56 Å². The zero-order valence-corrected chi connectivity index (χ0v) is 12.4. The highest BCUT2D eigenvalue weighted by Crippen LogP contribution is 2.17. The maximum absolute atomic E-state index is 11.2. The number of nitrogens with zero attached hydrogens (tertiary/aromatic N) is 3. The first-order valence-corrected chi connectivity index (χ1v) is 7.93. The smallest absolute Gasteiger partial charge is 0.276 e. The van der Waals surface area contributed by atoms with Crippen LogP contribution >= 0.6 is 23.2 Å². The van der Waals surface area contributed by atoms with E-state index >= 15 is 0 Å². The molecule has 1 aromatic rings. The molecule has 1 saturated heterocycles. The van der Waals surface area contributed by atoms with Crippen LogP contribution in [-0.2, 0) is 16.8 Å². The van der Waals surface area contributed by atoms with E-state index < -0.39 is 10.2 Å². The Kier molecular flexibility index (Phi) is 4.65. The summed E-state index contributed by atoms with van der Waals surface area (Å²) in [6, 6.07) is 3.50. The van der Waals surface area contributed by atoms with E-state index in [1.807, 2.05) is 0 Å². The molecule has 2 N–H and O–H groups in total. The third-order valence-corrected chi connectivity index (χ3v) is 4.39. The molecule has 0 bridgehead atoms. The van der Waals surface area contributed by atoms with E-state index in [0.29, 0.717) is 43.0 Å². The molecule has 0 aliphatic carbocycles. The molecule has 1 aromatic heterocycles. The third-order valence-electron chi connectivity index (χ3n) is 2.92. The summed E-state index contributed by atoms with van der Waals surface area (Å²) in [6.45, 7) is 2.68. The van der Waals surface area contributed by atoms with Gasteiger partial charge < -0.3 is 0 Å². The second kappa shape index (κ2) is 5.90. The molecule has 1 aliphatic rings. The topological polar surface area (TPSA) is 79.5 Å². The first-order chi connectivity index (χ1) is 8.84. The highest BCUT2D eigenvalue weighted by molar-refractivity contribution is 7.86. The second-order valence-electron chi connectivity index (χ2n) is 4.34. The Morgan fingerprint density at radius 2 is 1.68 bits per heavy atom. The van der Waals surface area contributed by atoms with Gasteiger partial charge in [0.1, 0.15) is 10.3 Å². The Hall–Kier alpha value is -0.440. The molecule has 6 nitrogen and oxygen atoms in total. The average Bonchev–Trinajstić information content (AvgIpc) is 2.26. The number of nitrogens with two attached hydrogens (primary N) is 1. The minimum absolute atomic E-state index is 0.352. The maximum atomic E-state index is 11.2. The molecule has 0 amide bonds. The molecule has 1 aliphatic heterocycles. The minimum Gasteiger partial charge on any atom is -0.296 e. The van der Waals surface area contributed by atoms with Gasteiger partial charge in [0, 0.05) is 32.7 Å². The van der Waals surface area contributed by atoms with Crippen molar-refractivity contribution in [3.63, 3.8) is 0 Å². The van der Waals surface area contributed by atoms with Crippen molar-refractivity contribution in [1.82, 2.24) is 14.2 Å². The lowest BCUT2D eigenvalue weighted by Gasteiger charge is -2.32. The molecule has 0 radical (unpaired) electrons. The van der Waals surface area contributed by atoms with Gasteiger partial charge in [-0.05, 0) is 17.7 Å². The van der Waals surface area contributed by atoms with Crippen LogP contribution in [0.3, 0.4) is 0 Å². The van der Waals surface area contributed by atoms with Gasteiger partial charge in [-0.2, -0.15) is 12.7 Å². The number of pyridine rings is 1. The van der Waals surface area contributed by atoms with Crippen molar-refractivity contribution in [3.8, 4) is 0 Å². The molecule has 0 aromatic carbocycles. The quantitative estimate of drug-likeness (QED) is 0.830. The van der Waals surface area contributed by atoms with Crippen LogP contribution in [0.1, 0.15) is 5.56 Å². The molecule has 2 rings (SSSR count). The molecule has 0 spiro atoms. The summed E-state index contributed by atoms with van der Waals surface area (Å²) in [4.78, 5) is 5.99. The Morgan fingerprint density at radius 3 is 2.16 bits per heavy atom. The van der Waals surface area contributed by atoms with E-state index in [1.54, 1.807) is 12.1 Å². The summed E-state index contributed by atoms with van der Waals surface area (Å²) in [7, 11) is -3.58. The molecule has 19 heavy (non-hydrogen) atoms. The normalized spacial score (nSPS) is 18.7. The monoisotopic (exact) mass is 324 g/mol. The third kappa shape index (κ3) is 4.27. The minimum atomic E-state index is -3.58. The molecule has 0 atom stereocenters. The number of piperazine rings is 1. The molecule has 2 heterocycles. The lowest BCUT2D eigenvalue weighted by Crippen LogP contribution is -2.50. The predicted octanol–water partition coefficient (Wildman–Crippen LogP) is 0.710. The van der Waals surface area contributed by atoms with E-state index in [9.17, 15) is 8.42 Å². The van der Waals surface area contributed by atoms with E-state index in [4.69, 9.17) is 28.3 Å². The lowest BCUT2D eigenvalue weighted by atomic mass is 10.2. The van der Waals surface area contributed by atoms with Gasteiger partial charge in [-0.25, -0.2) is 10.1 Å².